The zero-order valence-electron chi connectivity index (χ0n) is 8.92. The van der Waals surface area contributed by atoms with Crippen molar-refractivity contribution in [2.75, 3.05) is 0 Å². The summed E-state index contributed by atoms with van der Waals surface area (Å²) in [4.78, 5) is 10.3. The number of hydrogen-bond donors (Lipinski definition) is 2. The van der Waals surface area contributed by atoms with E-state index in [1.165, 1.54) is 0 Å². The van der Waals surface area contributed by atoms with E-state index in [4.69, 9.17) is 5.11 Å². The second kappa shape index (κ2) is 4.09. The van der Waals surface area contributed by atoms with Crippen LogP contribution in [-0.4, -0.2) is 21.8 Å². The van der Waals surface area contributed by atoms with Gasteiger partial charge in [-0.1, -0.05) is 20.8 Å². The Morgan fingerprint density at radius 1 is 1.23 bits per heavy atom. The predicted molar refractivity (Wildman–Crippen MR) is 51.6 cm³/mol. The van der Waals surface area contributed by atoms with Gasteiger partial charge in [0.05, 0.1) is 5.60 Å². The maximum atomic E-state index is 10.3. The molecule has 0 aliphatic carbocycles. The van der Waals surface area contributed by atoms with Crippen molar-refractivity contribution < 1.29 is 15.0 Å². The molecular weight excluding hydrogens is 168 g/mol. The van der Waals surface area contributed by atoms with Gasteiger partial charge in [-0.15, -0.1) is 0 Å². The summed E-state index contributed by atoms with van der Waals surface area (Å²) in [6.07, 6.45) is 1.19. The molecule has 0 aromatic heterocycles. The molecule has 0 heterocycles. The Labute approximate surface area is 79.8 Å². The van der Waals surface area contributed by atoms with Crippen LogP contribution < -0.4 is 0 Å². The fourth-order valence-electron chi connectivity index (χ4n) is 0.959. The van der Waals surface area contributed by atoms with Gasteiger partial charge in [0.2, 0.25) is 0 Å². The highest BCUT2D eigenvalue weighted by Gasteiger charge is 2.34. The molecule has 1 unspecified atom stereocenters. The average molecular weight is 188 g/mol. The first kappa shape index (κ1) is 12.4. The van der Waals surface area contributed by atoms with E-state index in [1.54, 1.807) is 6.92 Å². The molecule has 3 nitrogen and oxygen atoms in total. The lowest BCUT2D eigenvalue weighted by molar-refractivity contribution is -0.137. The summed E-state index contributed by atoms with van der Waals surface area (Å²) in [7, 11) is 0. The normalized spacial score (nSPS) is 16.7. The van der Waals surface area contributed by atoms with Crippen LogP contribution in [0.4, 0.5) is 0 Å². The lowest BCUT2D eigenvalue weighted by Crippen LogP contribution is -2.39. The molecule has 0 saturated carbocycles. The van der Waals surface area contributed by atoms with Gasteiger partial charge < -0.3 is 10.2 Å². The summed E-state index contributed by atoms with van der Waals surface area (Å²) in [6, 6.07) is 0. The van der Waals surface area contributed by atoms with Crippen molar-refractivity contribution in [3.63, 3.8) is 0 Å². The molecule has 0 aromatic rings. The zero-order chi connectivity index (χ0) is 10.7. The Hall–Kier alpha value is -0.570. The highest BCUT2D eigenvalue weighted by atomic mass is 16.4. The maximum absolute atomic E-state index is 10.3. The second-order valence-electron chi connectivity index (χ2n) is 4.77. The Balaban J connectivity index is 3.97. The summed E-state index contributed by atoms with van der Waals surface area (Å²) in [5.41, 5.74) is -0.992. The maximum Gasteiger partial charge on any atom is 0.303 e. The summed E-state index contributed by atoms with van der Waals surface area (Å²) < 4.78 is 0. The number of aliphatic hydroxyl groups is 1. The molecule has 3 heteroatoms. The smallest absolute Gasteiger partial charge is 0.303 e. The third kappa shape index (κ3) is 4.27. The first-order valence-corrected chi connectivity index (χ1v) is 4.61. The molecule has 1 atom stereocenters. The minimum absolute atomic E-state index is 0.131. The molecule has 2 N–H and O–H groups in total. The summed E-state index contributed by atoms with van der Waals surface area (Å²) in [5.74, 6) is -0.801. The lowest BCUT2D eigenvalue weighted by atomic mass is 9.75. The van der Waals surface area contributed by atoms with Gasteiger partial charge >= 0.3 is 5.97 Å². The average Bonchev–Trinajstić information content (AvgIpc) is 1.82. The van der Waals surface area contributed by atoms with Gasteiger partial charge in [0, 0.05) is 6.42 Å². The van der Waals surface area contributed by atoms with Crippen LogP contribution in [0.15, 0.2) is 0 Å². The van der Waals surface area contributed by atoms with Gasteiger partial charge in [-0.05, 0) is 25.2 Å². The van der Waals surface area contributed by atoms with Crippen LogP contribution in [0.3, 0.4) is 0 Å². The molecule has 0 amide bonds. The topological polar surface area (TPSA) is 57.5 Å². The number of carboxylic acid groups (broad SMARTS) is 1. The zero-order valence-corrected chi connectivity index (χ0v) is 8.92. The fraction of sp³-hybridized carbons (Fsp3) is 0.900. The van der Waals surface area contributed by atoms with Crippen molar-refractivity contribution in [3.8, 4) is 0 Å². The van der Waals surface area contributed by atoms with E-state index in [9.17, 15) is 9.90 Å². The van der Waals surface area contributed by atoms with Crippen molar-refractivity contribution in [1.82, 2.24) is 0 Å². The Morgan fingerprint density at radius 3 is 2.00 bits per heavy atom. The lowest BCUT2D eigenvalue weighted by Gasteiger charge is -2.37. The van der Waals surface area contributed by atoms with Gasteiger partial charge in [-0.25, -0.2) is 0 Å². The minimum atomic E-state index is -0.801. The van der Waals surface area contributed by atoms with Gasteiger partial charge in [-0.2, -0.15) is 0 Å². The molecule has 0 aromatic carbocycles. The molecule has 0 bridgehead atoms. The van der Waals surface area contributed by atoms with E-state index < -0.39 is 11.6 Å². The van der Waals surface area contributed by atoms with Crippen molar-refractivity contribution in [2.24, 2.45) is 5.41 Å². The molecule has 78 valence electrons. The van der Waals surface area contributed by atoms with Gasteiger partial charge in [-0.3, -0.25) is 4.79 Å². The molecule has 0 rings (SSSR count). The molecular formula is C10H20O3. The third-order valence-electron chi connectivity index (χ3n) is 2.67. The van der Waals surface area contributed by atoms with Crippen LogP contribution >= 0.6 is 0 Å². The second-order valence-corrected chi connectivity index (χ2v) is 4.77. The largest absolute Gasteiger partial charge is 0.481 e. The number of carbonyl (C=O) groups is 1. The number of rotatable bonds is 4. The quantitative estimate of drug-likeness (QED) is 0.709. The number of carboxylic acids is 1. The molecule has 0 aliphatic rings. The molecule has 0 fully saturated rings. The van der Waals surface area contributed by atoms with Crippen LogP contribution in [-0.2, 0) is 4.79 Å². The fourth-order valence-corrected chi connectivity index (χ4v) is 0.959. The monoisotopic (exact) mass is 188 g/mol. The van der Waals surface area contributed by atoms with Crippen LogP contribution in [0.25, 0.3) is 0 Å². The van der Waals surface area contributed by atoms with Crippen LogP contribution in [0, 0.1) is 5.41 Å². The Kier molecular flexibility index (Phi) is 3.91. The van der Waals surface area contributed by atoms with E-state index in [2.05, 4.69) is 0 Å². The molecule has 0 radical (unpaired) electrons. The van der Waals surface area contributed by atoms with Gasteiger partial charge in [0.1, 0.15) is 0 Å². The number of hydrogen-bond acceptors (Lipinski definition) is 2. The van der Waals surface area contributed by atoms with E-state index in [0.29, 0.717) is 12.8 Å². The summed E-state index contributed by atoms with van der Waals surface area (Å²) in [5, 5.41) is 18.4. The van der Waals surface area contributed by atoms with Crippen molar-refractivity contribution in [1.29, 1.82) is 0 Å². The van der Waals surface area contributed by atoms with Crippen LogP contribution in [0.1, 0.15) is 47.0 Å². The van der Waals surface area contributed by atoms with Gasteiger partial charge in [0.25, 0.3) is 0 Å². The van der Waals surface area contributed by atoms with E-state index in [0.717, 1.165) is 0 Å². The predicted octanol–water partition coefficient (Wildman–Crippen LogP) is 2.04. The molecule has 0 spiro atoms. The standard InChI is InChI=1S/C10H20O3/c1-9(2,3)10(4,13)7-5-6-8(11)12/h13H,5-7H2,1-4H3,(H,11,12). The Morgan fingerprint density at radius 2 is 1.69 bits per heavy atom. The van der Waals surface area contributed by atoms with Crippen molar-refractivity contribution in [3.05, 3.63) is 0 Å². The van der Waals surface area contributed by atoms with Gasteiger partial charge in [0.15, 0.2) is 0 Å². The SMILES string of the molecule is CC(C)(C)C(C)(O)CCCC(=O)O. The highest BCUT2D eigenvalue weighted by Crippen LogP contribution is 2.33. The third-order valence-corrected chi connectivity index (χ3v) is 2.67. The summed E-state index contributed by atoms with van der Waals surface area (Å²) in [6.45, 7) is 7.62. The van der Waals surface area contributed by atoms with Crippen LogP contribution in [0.5, 0.6) is 0 Å². The first-order valence-electron chi connectivity index (χ1n) is 4.61. The van der Waals surface area contributed by atoms with Crippen molar-refractivity contribution >= 4 is 5.97 Å². The van der Waals surface area contributed by atoms with E-state index in [1.807, 2.05) is 20.8 Å². The van der Waals surface area contributed by atoms with Crippen molar-refractivity contribution in [2.45, 2.75) is 52.6 Å². The first-order chi connectivity index (χ1) is 5.67. The molecule has 0 saturated heterocycles. The molecule has 0 aliphatic heterocycles. The minimum Gasteiger partial charge on any atom is -0.481 e. The van der Waals surface area contributed by atoms with E-state index >= 15 is 0 Å². The summed E-state index contributed by atoms with van der Waals surface area (Å²) >= 11 is 0. The highest BCUT2D eigenvalue weighted by molar-refractivity contribution is 5.66. The van der Waals surface area contributed by atoms with Crippen LogP contribution in [0.2, 0.25) is 0 Å². The molecule has 13 heavy (non-hydrogen) atoms. The van der Waals surface area contributed by atoms with E-state index in [-0.39, 0.29) is 11.8 Å². The number of aliphatic carboxylic acids is 1. The Bertz CT molecular complexity index is 177.